The second-order valence-electron chi connectivity index (χ2n) is 1.76. The molecule has 0 bridgehead atoms. The van der Waals surface area contributed by atoms with E-state index in [9.17, 15) is 4.79 Å². The lowest BCUT2D eigenvalue weighted by molar-refractivity contribution is -0.124. The standard InChI is InChI=1S/C6H10N2OS/c1-3-4-8(5(2)9)6(7)10/h3H,1,4H2,2H3,(H2,7,10). The Morgan fingerprint density at radius 1 is 1.90 bits per heavy atom. The average Bonchev–Trinajstić information content (AvgIpc) is 1.81. The molecule has 0 spiro atoms. The van der Waals surface area contributed by atoms with Crippen LogP contribution >= 0.6 is 12.2 Å². The van der Waals surface area contributed by atoms with Crippen LogP contribution < -0.4 is 5.73 Å². The first kappa shape index (κ1) is 9.10. The van der Waals surface area contributed by atoms with E-state index in [1.807, 2.05) is 0 Å². The second-order valence-corrected chi connectivity index (χ2v) is 2.17. The van der Waals surface area contributed by atoms with Gasteiger partial charge >= 0.3 is 0 Å². The summed E-state index contributed by atoms with van der Waals surface area (Å²) in [4.78, 5) is 12.0. The first-order chi connectivity index (χ1) is 4.59. The molecule has 0 atom stereocenters. The summed E-state index contributed by atoms with van der Waals surface area (Å²) in [6.07, 6.45) is 1.57. The monoisotopic (exact) mass is 158 g/mol. The number of carbonyl (C=O) groups is 1. The minimum atomic E-state index is -0.160. The van der Waals surface area contributed by atoms with E-state index in [2.05, 4.69) is 18.8 Å². The Bertz CT molecular complexity index is 153. The predicted octanol–water partition coefficient (Wildman–Crippen LogP) is 0.265. The number of amides is 1. The van der Waals surface area contributed by atoms with E-state index in [1.165, 1.54) is 11.8 Å². The third-order valence-corrected chi connectivity index (χ3v) is 1.18. The highest BCUT2D eigenvalue weighted by molar-refractivity contribution is 7.80. The Morgan fingerprint density at radius 3 is 2.50 bits per heavy atom. The molecule has 0 rings (SSSR count). The molecule has 0 saturated carbocycles. The molecule has 1 amide bonds. The van der Waals surface area contributed by atoms with E-state index in [4.69, 9.17) is 5.73 Å². The fourth-order valence-corrected chi connectivity index (χ4v) is 0.706. The maximum atomic E-state index is 10.7. The van der Waals surface area contributed by atoms with Crippen molar-refractivity contribution < 1.29 is 4.79 Å². The Kier molecular flexibility index (Phi) is 3.64. The van der Waals surface area contributed by atoms with Gasteiger partial charge in [0.05, 0.1) is 0 Å². The summed E-state index contributed by atoms with van der Waals surface area (Å²) in [6.45, 7) is 5.24. The van der Waals surface area contributed by atoms with Gasteiger partial charge in [0.2, 0.25) is 5.91 Å². The Morgan fingerprint density at radius 2 is 2.40 bits per heavy atom. The molecule has 0 aliphatic rings. The van der Waals surface area contributed by atoms with Crippen molar-refractivity contribution >= 4 is 23.2 Å². The van der Waals surface area contributed by atoms with Crippen LogP contribution in [0, 0.1) is 0 Å². The Balaban J connectivity index is 4.11. The highest BCUT2D eigenvalue weighted by Crippen LogP contribution is 1.88. The van der Waals surface area contributed by atoms with E-state index in [0.29, 0.717) is 6.54 Å². The average molecular weight is 158 g/mol. The molecule has 10 heavy (non-hydrogen) atoms. The number of nitrogens with zero attached hydrogens (tertiary/aromatic N) is 1. The van der Waals surface area contributed by atoms with E-state index in [0.717, 1.165) is 0 Å². The smallest absolute Gasteiger partial charge is 0.225 e. The van der Waals surface area contributed by atoms with Crippen LogP contribution in [0.5, 0.6) is 0 Å². The third kappa shape index (κ3) is 2.59. The fourth-order valence-electron chi connectivity index (χ4n) is 0.503. The molecule has 0 fully saturated rings. The zero-order valence-electron chi connectivity index (χ0n) is 5.83. The highest BCUT2D eigenvalue weighted by Gasteiger charge is 2.07. The second kappa shape index (κ2) is 4.00. The first-order valence-electron chi connectivity index (χ1n) is 2.78. The van der Waals surface area contributed by atoms with Crippen LogP contribution in [0.15, 0.2) is 12.7 Å². The van der Waals surface area contributed by atoms with Crippen molar-refractivity contribution in [3.63, 3.8) is 0 Å². The predicted molar refractivity (Wildman–Crippen MR) is 44.4 cm³/mol. The number of hydrogen-bond acceptors (Lipinski definition) is 2. The number of hydrogen-bond donors (Lipinski definition) is 1. The van der Waals surface area contributed by atoms with Crippen LogP contribution in [0.1, 0.15) is 6.92 Å². The summed E-state index contributed by atoms with van der Waals surface area (Å²) in [7, 11) is 0. The minimum absolute atomic E-state index is 0.0902. The lowest BCUT2D eigenvalue weighted by atomic mass is 10.5. The molecule has 4 heteroatoms. The van der Waals surface area contributed by atoms with Gasteiger partial charge in [0, 0.05) is 13.5 Å². The molecule has 2 N–H and O–H groups in total. The molecule has 0 saturated heterocycles. The normalized spacial score (nSPS) is 8.50. The molecule has 0 radical (unpaired) electrons. The molecule has 0 aliphatic heterocycles. The molecular formula is C6H10N2OS. The molecule has 0 heterocycles. The topological polar surface area (TPSA) is 46.3 Å². The summed E-state index contributed by atoms with van der Waals surface area (Å²) in [6, 6.07) is 0. The fraction of sp³-hybridized carbons (Fsp3) is 0.333. The van der Waals surface area contributed by atoms with Crippen molar-refractivity contribution in [3.8, 4) is 0 Å². The highest BCUT2D eigenvalue weighted by atomic mass is 32.1. The molecule has 56 valence electrons. The summed E-state index contributed by atoms with van der Waals surface area (Å²) in [5, 5.41) is 0.0902. The van der Waals surface area contributed by atoms with Crippen LogP contribution in [0.4, 0.5) is 0 Å². The quantitative estimate of drug-likeness (QED) is 0.463. The van der Waals surface area contributed by atoms with Crippen LogP contribution in [-0.4, -0.2) is 22.5 Å². The zero-order valence-corrected chi connectivity index (χ0v) is 6.65. The summed E-state index contributed by atoms with van der Waals surface area (Å²) in [5.41, 5.74) is 5.21. The SMILES string of the molecule is C=CCN(C(C)=O)C(N)=S. The van der Waals surface area contributed by atoms with Gasteiger partial charge in [-0.05, 0) is 12.2 Å². The Hall–Kier alpha value is -0.900. The number of nitrogens with two attached hydrogens (primary N) is 1. The molecule has 0 aromatic rings. The lowest BCUT2D eigenvalue weighted by Crippen LogP contribution is -2.38. The molecule has 3 nitrogen and oxygen atoms in total. The zero-order chi connectivity index (χ0) is 8.15. The van der Waals surface area contributed by atoms with Crippen molar-refractivity contribution in [1.82, 2.24) is 4.90 Å². The maximum absolute atomic E-state index is 10.7. The summed E-state index contributed by atoms with van der Waals surface area (Å²) < 4.78 is 0. The van der Waals surface area contributed by atoms with Crippen LogP contribution in [-0.2, 0) is 4.79 Å². The first-order valence-corrected chi connectivity index (χ1v) is 3.19. The summed E-state index contributed by atoms with van der Waals surface area (Å²) >= 11 is 4.59. The van der Waals surface area contributed by atoms with E-state index in [-0.39, 0.29) is 11.0 Å². The molecule has 0 aliphatic carbocycles. The van der Waals surface area contributed by atoms with Gasteiger partial charge in [0.25, 0.3) is 0 Å². The van der Waals surface area contributed by atoms with Crippen molar-refractivity contribution in [1.29, 1.82) is 0 Å². The largest absolute Gasteiger partial charge is 0.376 e. The number of thiocarbonyl (C=S) groups is 1. The van der Waals surface area contributed by atoms with Gasteiger partial charge < -0.3 is 5.73 Å². The summed E-state index contributed by atoms with van der Waals surface area (Å²) in [5.74, 6) is -0.160. The van der Waals surface area contributed by atoms with E-state index in [1.54, 1.807) is 6.08 Å². The van der Waals surface area contributed by atoms with Crippen molar-refractivity contribution in [3.05, 3.63) is 12.7 Å². The van der Waals surface area contributed by atoms with Crippen molar-refractivity contribution in [2.75, 3.05) is 6.54 Å². The van der Waals surface area contributed by atoms with Crippen molar-refractivity contribution in [2.45, 2.75) is 6.92 Å². The van der Waals surface area contributed by atoms with Crippen LogP contribution in [0.25, 0.3) is 0 Å². The lowest BCUT2D eigenvalue weighted by Gasteiger charge is -2.15. The van der Waals surface area contributed by atoms with Crippen LogP contribution in [0.3, 0.4) is 0 Å². The van der Waals surface area contributed by atoms with Gasteiger partial charge in [-0.15, -0.1) is 6.58 Å². The van der Waals surface area contributed by atoms with Crippen molar-refractivity contribution in [2.24, 2.45) is 5.73 Å². The van der Waals surface area contributed by atoms with E-state index >= 15 is 0 Å². The molecular weight excluding hydrogens is 148 g/mol. The maximum Gasteiger partial charge on any atom is 0.225 e. The van der Waals surface area contributed by atoms with Gasteiger partial charge in [-0.3, -0.25) is 9.69 Å². The molecule has 0 aromatic carbocycles. The number of carbonyl (C=O) groups excluding carboxylic acids is 1. The van der Waals surface area contributed by atoms with Gasteiger partial charge in [-0.1, -0.05) is 6.08 Å². The van der Waals surface area contributed by atoms with Crippen LogP contribution in [0.2, 0.25) is 0 Å². The Labute approximate surface area is 65.5 Å². The number of rotatable bonds is 2. The van der Waals surface area contributed by atoms with Gasteiger partial charge in [-0.2, -0.15) is 0 Å². The minimum Gasteiger partial charge on any atom is -0.376 e. The van der Waals surface area contributed by atoms with Gasteiger partial charge in [0.15, 0.2) is 5.11 Å². The van der Waals surface area contributed by atoms with Gasteiger partial charge in [0.1, 0.15) is 0 Å². The molecule has 0 unspecified atom stereocenters. The van der Waals surface area contributed by atoms with Gasteiger partial charge in [-0.25, -0.2) is 0 Å². The third-order valence-electron chi connectivity index (χ3n) is 0.958. The molecule has 0 aromatic heterocycles. The van der Waals surface area contributed by atoms with E-state index < -0.39 is 0 Å².